The number of primary amides is 1. The number of nitrogens with one attached hydrogen (secondary N) is 2. The number of Topliss-reactive ketones (excluding diaryl/α,β-unsaturated/α-hetero) is 1. The van der Waals surface area contributed by atoms with Gasteiger partial charge in [-0.2, -0.15) is 0 Å². The Bertz CT molecular complexity index is 3810. The molecule has 3 atom stereocenters. The van der Waals surface area contributed by atoms with E-state index < -0.39 is 30.1 Å². The minimum atomic E-state index is -0.833. The zero-order valence-electron chi connectivity index (χ0n) is 96.9. The van der Waals surface area contributed by atoms with Gasteiger partial charge in [0.2, 0.25) is 17.7 Å². The number of hydrogen-bond acceptors (Lipinski definition) is 23. The van der Waals surface area contributed by atoms with E-state index in [2.05, 4.69) is 224 Å². The number of carbonyl (C=O) groups is 9. The van der Waals surface area contributed by atoms with Crippen LogP contribution in [0.3, 0.4) is 0 Å². The average molecular weight is 2070 g/mol. The number of carboxylic acid groups (broad SMARTS) is 3. The number of fused-ring (bicyclic) bond motifs is 2. The molecule has 14 rings (SSSR count). The first kappa shape index (κ1) is 132. The van der Waals surface area contributed by atoms with E-state index in [1.807, 2.05) is 76.2 Å². The molecule has 1 spiro atoms. The summed E-state index contributed by atoms with van der Waals surface area (Å²) >= 11 is 0. The molecule has 11 aliphatic heterocycles. The standard InChI is InChI=1S/C16H23N.C14H19NO2.C11H23N3O.C10H20N2O.C10H19NO2.C10H19NO.2C9H18N2O.C9H17NO2.C8H18N4.C8H15NO3/c1-13(2)17-9-7-16(8-10-17)11-14-5-3-4-6-15(14)12-16;1-4-17-14(16)13-9-11-7-5-6-8-12(11)15(13)10(2)3;1-9(2)12-11(15)14-7-5-13(6-8-14)10(3)4;1-9(2)12-6-4-11(5-7-12)8-10(3)13;1-8(2)9-3-5-11(6-4-9)7-10(12)13;2*1-8(2)10-4-6-11(7-5-10)9(3)12;1-7(2)11-5-3-8(4-6-11)9(10)12;1-7(2)10-5-3-8(4-6-10)9(11)12;1-7(2)11-3-5-12(6-4-11)8(9)10;1-5(2)9-4-6(10)3-7(9)8(11)12/h3-6,13H,7-12H2,1-2H3;5-8,10,13H,4,9H2,1-3H3;9-10H,5-8H2,1-4H3,(H,12,15);9H,4-8H2,1-3H3;8-9H,3-7H2,1-2H3,(H,12,13);8,10H,4-7H2,1-3H3;8H,4-7H2,1-3H3;7-8H,3-6H2,1-2H3,(H2,10,12);7-8H,3-6H2,1-2H3,(H,11,12);7H,3-6H2,1-2H3,(H3,9,10);5-7,10H,3-4H2,1-2H3,(H,11,12)/t;;;;;;;;;;6-,7+/m..........1/s1. The van der Waals surface area contributed by atoms with Crippen molar-refractivity contribution in [2.75, 3.05) is 201 Å². The van der Waals surface area contributed by atoms with Crippen LogP contribution in [0.2, 0.25) is 0 Å². The number of aliphatic carboxylic acids is 3. The highest BCUT2D eigenvalue weighted by Gasteiger charge is 2.42. The fraction of sp³-hybridized carbons (Fsp3) is 0.807. The lowest BCUT2D eigenvalue weighted by Gasteiger charge is -2.41. The Hall–Kier alpha value is -7.70. The SMILES string of the molecule is CC(=O)CN1CCN(C(C)C)CC1.CC(=O)N1CCC(C(C)C)CC1.CC(=O)N1CCN(C(C)C)CC1.CC(C)C1CCN(CC(=O)O)CC1.CC(C)N1CCC(C(=O)O)CC1.CC(C)N1CCC(C(N)=O)CC1.CC(C)N1CCC2(CC1)Cc1ccccc1C2.CC(C)N1CCN(C(=N)N)CC1.CC(C)N1C[C@H](O)C[C@H]1C(=O)O.CC(C)NC(=O)N1CCN(C(C)C)CC1.CCOC(=O)C1Cc2ccccc2N1C(C)C. The van der Waals surface area contributed by atoms with Crippen molar-refractivity contribution in [1.29, 1.82) is 5.41 Å². The highest BCUT2D eigenvalue weighted by Crippen LogP contribution is 2.45. The fourth-order valence-corrected chi connectivity index (χ4v) is 21.6. The molecule has 844 valence electrons. The minimum Gasteiger partial charge on any atom is -0.481 e. The summed E-state index contributed by atoms with van der Waals surface area (Å²) in [5.41, 5.74) is 16.9. The lowest BCUT2D eigenvalue weighted by molar-refractivity contribution is -0.145. The van der Waals surface area contributed by atoms with Gasteiger partial charge in [0.15, 0.2) is 5.96 Å². The van der Waals surface area contributed by atoms with Crippen LogP contribution in [0.15, 0.2) is 48.5 Å². The van der Waals surface area contributed by atoms with Crippen LogP contribution in [0.4, 0.5) is 10.5 Å². The third-order valence-electron chi connectivity index (χ3n) is 31.6. The molecule has 1 aliphatic carbocycles. The van der Waals surface area contributed by atoms with E-state index in [0.29, 0.717) is 73.8 Å². The molecule has 5 amide bonds. The Kier molecular flexibility index (Phi) is 60.6. The number of ether oxygens (including phenoxy) is 1. The molecule has 147 heavy (non-hydrogen) atoms. The summed E-state index contributed by atoms with van der Waals surface area (Å²) in [6, 6.07) is 21.7. The number of aliphatic hydroxyl groups is 1. The van der Waals surface area contributed by atoms with E-state index in [-0.39, 0.29) is 78.0 Å². The maximum absolute atomic E-state index is 12.0. The Labute approximate surface area is 889 Å². The number of rotatable bonds is 21. The van der Waals surface area contributed by atoms with Gasteiger partial charge in [0.25, 0.3) is 0 Å². The van der Waals surface area contributed by atoms with Crippen LogP contribution < -0.4 is 21.7 Å². The number of piperazine rings is 4. The molecule has 2 aromatic rings. The monoisotopic (exact) mass is 2070 g/mol. The Morgan fingerprint density at radius 1 is 0.408 bits per heavy atom. The second-order valence-corrected chi connectivity index (χ2v) is 46.2. The van der Waals surface area contributed by atoms with Crippen LogP contribution in [0, 0.1) is 46.3 Å². The number of amides is 5. The van der Waals surface area contributed by atoms with Crippen LogP contribution in [0.5, 0.6) is 0 Å². The number of piperidine rings is 5. The van der Waals surface area contributed by atoms with Crippen LogP contribution in [0.1, 0.15) is 281 Å². The van der Waals surface area contributed by atoms with Gasteiger partial charge in [-0.1, -0.05) is 70.2 Å². The van der Waals surface area contributed by atoms with Gasteiger partial charge in [-0.3, -0.25) is 73.3 Å². The van der Waals surface area contributed by atoms with Crippen molar-refractivity contribution in [2.24, 2.45) is 52.4 Å². The first-order valence-electron chi connectivity index (χ1n) is 56.4. The van der Waals surface area contributed by atoms with Crippen LogP contribution >= 0.6 is 0 Å². The highest BCUT2D eigenvalue weighted by molar-refractivity contribution is 5.84. The Morgan fingerprint density at radius 2 is 0.769 bits per heavy atom. The molecule has 10 saturated heterocycles. The molecule has 33 heteroatoms. The quantitative estimate of drug-likeness (QED) is 0.0327. The van der Waals surface area contributed by atoms with E-state index in [1.54, 1.807) is 31.9 Å². The molecule has 10 N–H and O–H groups in total. The van der Waals surface area contributed by atoms with Gasteiger partial charge in [-0.05, 0) is 334 Å². The number of urea groups is 1. The van der Waals surface area contributed by atoms with E-state index in [0.717, 1.165) is 232 Å². The average Bonchev–Trinajstić information content (AvgIpc) is 1.63. The molecule has 12 aliphatic rings. The number of β-amino-alcohol motifs (C(OH)–C–C–N with tert-alkyl or cyclic N) is 1. The van der Waals surface area contributed by atoms with Crippen molar-refractivity contribution in [3.63, 3.8) is 0 Å². The zero-order valence-corrected chi connectivity index (χ0v) is 96.9. The summed E-state index contributed by atoms with van der Waals surface area (Å²) in [5.74, 6) is 1.70. The summed E-state index contributed by atoms with van der Waals surface area (Å²) in [6.07, 6.45) is 14.3. The maximum atomic E-state index is 12.0. The van der Waals surface area contributed by atoms with Crippen LogP contribution in [0.25, 0.3) is 0 Å². The van der Waals surface area contributed by atoms with E-state index in [9.17, 15) is 48.3 Å². The zero-order chi connectivity index (χ0) is 110. The molecule has 10 fully saturated rings. The number of ketones is 1. The number of aliphatic hydroxyl groups excluding tert-OH is 1. The number of nitrogens with two attached hydrogens (primary N) is 2. The summed E-state index contributed by atoms with van der Waals surface area (Å²) < 4.78 is 5.16. The topological polar surface area (TPSA) is 380 Å². The second kappa shape index (κ2) is 67.7. The number of carboxylic acids is 3. The summed E-state index contributed by atoms with van der Waals surface area (Å²) in [4.78, 5) is 132. The third-order valence-corrected chi connectivity index (χ3v) is 31.6. The molecule has 1 unspecified atom stereocenters. The van der Waals surface area contributed by atoms with Crippen molar-refractivity contribution in [1.82, 2.24) is 73.9 Å². The molecule has 0 radical (unpaired) electrons. The van der Waals surface area contributed by atoms with Crippen molar-refractivity contribution in [3.8, 4) is 0 Å². The predicted octanol–water partition coefficient (Wildman–Crippen LogP) is 12.9. The number of guanidine groups is 1. The Balaban J connectivity index is 0.000000338. The lowest BCUT2D eigenvalue weighted by Crippen LogP contribution is -2.54. The molecule has 0 aromatic heterocycles. The molecular formula is C114H209N19O14. The van der Waals surface area contributed by atoms with Crippen molar-refractivity contribution < 1.29 is 68.3 Å². The van der Waals surface area contributed by atoms with E-state index in [4.69, 9.17) is 36.9 Å². The first-order valence-corrected chi connectivity index (χ1v) is 56.4. The third kappa shape index (κ3) is 48.0. The summed E-state index contributed by atoms with van der Waals surface area (Å²) in [5, 5.41) is 45.6. The van der Waals surface area contributed by atoms with Gasteiger partial charge in [0.05, 0.1) is 31.7 Å². The Morgan fingerprint density at radius 3 is 1.11 bits per heavy atom. The number of hydrogen-bond donors (Lipinski definition) is 8. The fourth-order valence-electron chi connectivity index (χ4n) is 21.6. The summed E-state index contributed by atoms with van der Waals surface area (Å²) in [7, 11) is 0. The minimum absolute atomic E-state index is 0.0772. The van der Waals surface area contributed by atoms with Gasteiger partial charge in [-0.25, -0.2) is 9.59 Å². The summed E-state index contributed by atoms with van der Waals surface area (Å²) in [6.45, 7) is 86.6. The number of carbonyl (C=O) groups excluding carboxylic acids is 6. The maximum Gasteiger partial charge on any atom is 0.329 e. The van der Waals surface area contributed by atoms with E-state index in [1.165, 1.54) is 62.9 Å². The largest absolute Gasteiger partial charge is 0.481 e. The number of benzene rings is 2. The number of likely N-dealkylation sites (tertiary alicyclic amines) is 6. The highest BCUT2D eigenvalue weighted by atomic mass is 16.5. The van der Waals surface area contributed by atoms with Gasteiger partial charge in [0, 0.05) is 223 Å². The smallest absolute Gasteiger partial charge is 0.329 e. The van der Waals surface area contributed by atoms with Gasteiger partial charge < -0.3 is 81.1 Å². The van der Waals surface area contributed by atoms with Gasteiger partial charge >= 0.3 is 29.9 Å². The molecular weight excluding hydrogens is 1860 g/mol. The molecule has 0 bridgehead atoms. The van der Waals surface area contributed by atoms with Crippen LogP contribution in [-0.4, -0.2) is 423 Å². The number of esters is 1. The second-order valence-electron chi connectivity index (χ2n) is 46.2. The molecule has 11 heterocycles. The number of para-hydroxylation sites is 1. The molecule has 0 saturated carbocycles. The predicted molar refractivity (Wildman–Crippen MR) is 596 cm³/mol. The molecule has 2 aromatic carbocycles. The number of anilines is 1. The van der Waals surface area contributed by atoms with Crippen molar-refractivity contribution in [3.05, 3.63) is 65.2 Å². The number of nitrogens with zero attached hydrogens (tertiary/aromatic N) is 15. The molecule has 33 nitrogen and oxygen atoms in total. The van der Waals surface area contributed by atoms with Gasteiger partial charge in [-0.15, -0.1) is 0 Å². The van der Waals surface area contributed by atoms with E-state index >= 15 is 0 Å². The lowest BCUT2D eigenvalue weighted by atomic mass is 9.76. The van der Waals surface area contributed by atoms with Crippen molar-refractivity contribution >= 4 is 65.1 Å². The van der Waals surface area contributed by atoms with Crippen molar-refractivity contribution in [2.45, 2.75) is 362 Å². The normalized spacial score (nSPS) is 21.4. The first-order chi connectivity index (χ1) is 69.1. The van der Waals surface area contributed by atoms with Gasteiger partial charge in [0.1, 0.15) is 17.9 Å². The van der Waals surface area contributed by atoms with Crippen LogP contribution in [-0.2, 0) is 62.4 Å².